The minimum absolute atomic E-state index is 0.114. The number of hydrogen-bond acceptors (Lipinski definition) is 3. The Labute approximate surface area is 132 Å². The number of rotatable bonds is 6. The van der Waals surface area contributed by atoms with Gasteiger partial charge in [0, 0.05) is 5.56 Å². The highest BCUT2D eigenvalue weighted by atomic mass is 19.4. The quantitative estimate of drug-likeness (QED) is 0.570. The molecule has 23 heavy (non-hydrogen) atoms. The van der Waals surface area contributed by atoms with E-state index in [1.54, 1.807) is 12.3 Å². The summed E-state index contributed by atoms with van der Waals surface area (Å²) in [5.74, 6) is -0.288. The van der Waals surface area contributed by atoms with E-state index in [1.807, 2.05) is 31.2 Å². The summed E-state index contributed by atoms with van der Waals surface area (Å²) < 4.78 is 40.9. The molecule has 2 aromatic carbocycles. The third kappa shape index (κ3) is 5.32. The highest BCUT2D eigenvalue weighted by molar-refractivity contribution is 5.81. The predicted molar refractivity (Wildman–Crippen MR) is 81.3 cm³/mol. The minimum atomic E-state index is -4.74. The van der Waals surface area contributed by atoms with Gasteiger partial charge in [0.15, 0.2) is 0 Å². The van der Waals surface area contributed by atoms with Crippen molar-refractivity contribution in [2.75, 3.05) is 0 Å². The van der Waals surface area contributed by atoms with E-state index in [-0.39, 0.29) is 17.9 Å². The third-order valence-corrected chi connectivity index (χ3v) is 3.12. The first-order valence-electron chi connectivity index (χ1n) is 7.06. The van der Waals surface area contributed by atoms with Gasteiger partial charge in [-0.15, -0.1) is 13.2 Å². The smallest absolute Gasteiger partial charge is 0.405 e. The highest BCUT2D eigenvalue weighted by Gasteiger charge is 2.32. The fraction of sp³-hybridized carbons (Fsp3) is 0.235. The van der Waals surface area contributed by atoms with Crippen molar-refractivity contribution in [1.29, 1.82) is 0 Å². The second-order valence-electron chi connectivity index (χ2n) is 4.72. The molecule has 2 aromatic rings. The summed E-state index contributed by atoms with van der Waals surface area (Å²) in [7, 11) is 0. The van der Waals surface area contributed by atoms with Crippen LogP contribution >= 0.6 is 0 Å². The molecule has 0 fully saturated rings. The molecule has 2 rings (SSSR count). The van der Waals surface area contributed by atoms with Crippen LogP contribution in [-0.4, -0.2) is 12.6 Å². The molecule has 6 heteroatoms. The maximum Gasteiger partial charge on any atom is 0.573 e. The van der Waals surface area contributed by atoms with Gasteiger partial charge in [0.2, 0.25) is 0 Å². The van der Waals surface area contributed by atoms with Crippen LogP contribution < -0.4 is 4.74 Å². The summed E-state index contributed by atoms with van der Waals surface area (Å²) in [5, 5.41) is 3.82. The lowest BCUT2D eigenvalue weighted by molar-refractivity contribution is -0.275. The lowest BCUT2D eigenvalue weighted by Gasteiger charge is -2.12. The van der Waals surface area contributed by atoms with E-state index in [4.69, 9.17) is 4.84 Å². The van der Waals surface area contributed by atoms with E-state index in [0.717, 1.165) is 17.5 Å². The largest absolute Gasteiger partial charge is 0.573 e. The molecule has 0 bridgehead atoms. The second kappa shape index (κ2) is 7.67. The Morgan fingerprint density at radius 1 is 1.00 bits per heavy atom. The average Bonchev–Trinajstić information content (AvgIpc) is 2.52. The van der Waals surface area contributed by atoms with Crippen molar-refractivity contribution in [2.24, 2.45) is 5.16 Å². The fourth-order valence-corrected chi connectivity index (χ4v) is 2.03. The number of nitrogens with zero attached hydrogens (tertiary/aromatic N) is 1. The summed E-state index contributed by atoms with van der Waals surface area (Å²) in [6.07, 6.45) is -2.34. The number of para-hydroxylation sites is 1. The molecule has 0 unspecified atom stereocenters. The third-order valence-electron chi connectivity index (χ3n) is 3.12. The summed E-state index contributed by atoms with van der Waals surface area (Å²) in [6.45, 7) is 1.91. The van der Waals surface area contributed by atoms with Gasteiger partial charge < -0.3 is 9.57 Å². The Bertz CT molecular complexity index is 669. The summed E-state index contributed by atoms with van der Waals surface area (Å²) in [6, 6.07) is 13.5. The number of oxime groups is 1. The van der Waals surface area contributed by atoms with Crippen LogP contribution in [0.25, 0.3) is 0 Å². The van der Waals surface area contributed by atoms with E-state index < -0.39 is 6.36 Å². The van der Waals surface area contributed by atoms with Crippen LogP contribution in [0.2, 0.25) is 0 Å². The molecule has 3 nitrogen and oxygen atoms in total. The number of benzene rings is 2. The molecule has 0 spiro atoms. The van der Waals surface area contributed by atoms with Gasteiger partial charge in [-0.1, -0.05) is 54.5 Å². The van der Waals surface area contributed by atoms with Crippen molar-refractivity contribution < 1.29 is 22.7 Å². The van der Waals surface area contributed by atoms with Gasteiger partial charge in [0.05, 0.1) is 6.21 Å². The first-order valence-corrected chi connectivity index (χ1v) is 7.06. The van der Waals surface area contributed by atoms with E-state index in [1.165, 1.54) is 18.2 Å². The Morgan fingerprint density at radius 3 is 2.35 bits per heavy atom. The van der Waals surface area contributed by atoms with Gasteiger partial charge >= 0.3 is 6.36 Å². The van der Waals surface area contributed by atoms with Crippen molar-refractivity contribution >= 4 is 6.21 Å². The van der Waals surface area contributed by atoms with Gasteiger partial charge in [-0.2, -0.15) is 0 Å². The van der Waals surface area contributed by atoms with Crippen LogP contribution in [0.4, 0.5) is 13.2 Å². The predicted octanol–water partition coefficient (Wildman–Crippen LogP) is 4.70. The first kappa shape index (κ1) is 16.9. The van der Waals surface area contributed by atoms with E-state index in [9.17, 15) is 13.2 Å². The van der Waals surface area contributed by atoms with Gasteiger partial charge in [-0.05, 0) is 23.6 Å². The molecule has 122 valence electrons. The molecular formula is C17H16F3NO2. The monoisotopic (exact) mass is 323 g/mol. The molecule has 0 saturated heterocycles. The van der Waals surface area contributed by atoms with Gasteiger partial charge in [-0.25, -0.2) is 0 Å². The first-order chi connectivity index (χ1) is 11.0. The molecule has 0 aliphatic carbocycles. The maximum atomic E-state index is 12.3. The second-order valence-corrected chi connectivity index (χ2v) is 4.72. The van der Waals surface area contributed by atoms with Crippen molar-refractivity contribution in [2.45, 2.75) is 26.3 Å². The molecule has 0 heterocycles. The van der Waals surface area contributed by atoms with Crippen molar-refractivity contribution in [3.05, 3.63) is 65.2 Å². The minimum Gasteiger partial charge on any atom is -0.405 e. The fourth-order valence-electron chi connectivity index (χ4n) is 2.03. The SMILES string of the molecule is CCc1ccccc1C=NOCc1ccccc1OC(F)(F)F. The molecule has 0 amide bonds. The molecule has 0 atom stereocenters. The number of aryl methyl sites for hydroxylation is 1. The molecule has 0 saturated carbocycles. The zero-order valence-corrected chi connectivity index (χ0v) is 12.5. The number of alkyl halides is 3. The topological polar surface area (TPSA) is 30.8 Å². The van der Waals surface area contributed by atoms with Crippen LogP contribution in [-0.2, 0) is 17.9 Å². The normalized spacial score (nSPS) is 11.7. The van der Waals surface area contributed by atoms with E-state index in [0.29, 0.717) is 0 Å². The van der Waals surface area contributed by atoms with Gasteiger partial charge in [0.25, 0.3) is 0 Å². The zero-order valence-electron chi connectivity index (χ0n) is 12.5. The average molecular weight is 323 g/mol. The van der Waals surface area contributed by atoms with Crippen LogP contribution in [0.1, 0.15) is 23.6 Å². The maximum absolute atomic E-state index is 12.3. The summed E-state index contributed by atoms with van der Waals surface area (Å²) in [5.41, 5.74) is 2.29. The number of hydrogen-bond donors (Lipinski definition) is 0. The van der Waals surface area contributed by atoms with Crippen LogP contribution in [0.5, 0.6) is 5.75 Å². The lowest BCUT2D eigenvalue weighted by atomic mass is 10.1. The number of halogens is 3. The van der Waals surface area contributed by atoms with Gasteiger partial charge in [-0.3, -0.25) is 0 Å². The zero-order chi connectivity index (χ0) is 16.7. The van der Waals surface area contributed by atoms with E-state index >= 15 is 0 Å². The summed E-state index contributed by atoms with van der Waals surface area (Å²) in [4.78, 5) is 5.10. The summed E-state index contributed by atoms with van der Waals surface area (Å²) >= 11 is 0. The Morgan fingerprint density at radius 2 is 1.65 bits per heavy atom. The molecule has 0 aliphatic heterocycles. The van der Waals surface area contributed by atoms with Crippen LogP contribution in [0.3, 0.4) is 0 Å². The molecule has 0 N–H and O–H groups in total. The standard InChI is InChI=1S/C17H16F3NO2/c1-2-13-7-3-4-8-14(13)11-21-22-12-15-9-5-6-10-16(15)23-17(18,19)20/h3-11H,2,12H2,1H3. The molecule has 0 radical (unpaired) electrons. The Balaban J connectivity index is 2.00. The van der Waals surface area contributed by atoms with Crippen LogP contribution in [0, 0.1) is 0 Å². The Kier molecular flexibility index (Phi) is 5.62. The molecule has 0 aromatic heterocycles. The highest BCUT2D eigenvalue weighted by Crippen LogP contribution is 2.26. The van der Waals surface area contributed by atoms with Crippen molar-refractivity contribution in [3.63, 3.8) is 0 Å². The molecular weight excluding hydrogens is 307 g/mol. The Hall–Kier alpha value is -2.50. The lowest BCUT2D eigenvalue weighted by Crippen LogP contribution is -2.18. The van der Waals surface area contributed by atoms with Crippen molar-refractivity contribution in [3.8, 4) is 5.75 Å². The van der Waals surface area contributed by atoms with E-state index in [2.05, 4.69) is 9.89 Å². The number of ether oxygens (including phenoxy) is 1. The molecule has 0 aliphatic rings. The van der Waals surface area contributed by atoms with Gasteiger partial charge in [0.1, 0.15) is 12.4 Å². The van der Waals surface area contributed by atoms with Crippen molar-refractivity contribution in [1.82, 2.24) is 0 Å². The van der Waals surface area contributed by atoms with Crippen LogP contribution in [0.15, 0.2) is 53.7 Å².